The smallest absolute Gasteiger partial charge is 0.338 e. The molecule has 1 rings (SSSR count). The molecule has 0 aliphatic carbocycles. The van der Waals surface area contributed by atoms with Gasteiger partial charge in [-0.15, -0.1) is 0 Å². The molecule has 0 saturated heterocycles. The van der Waals surface area contributed by atoms with Crippen LogP contribution in [0, 0.1) is 0 Å². The summed E-state index contributed by atoms with van der Waals surface area (Å²) < 4.78 is 4.75. The average Bonchev–Trinajstić information content (AvgIpc) is 2.37. The van der Waals surface area contributed by atoms with Crippen LogP contribution in [0.1, 0.15) is 20.8 Å². The summed E-state index contributed by atoms with van der Waals surface area (Å²) >= 11 is 0. The molecule has 0 aromatic carbocycles. The van der Waals surface area contributed by atoms with Crippen LogP contribution in [0.3, 0.4) is 0 Å². The van der Waals surface area contributed by atoms with E-state index in [0.29, 0.717) is 0 Å². The van der Waals surface area contributed by atoms with Gasteiger partial charge in [0.2, 0.25) is 0 Å². The predicted molar refractivity (Wildman–Crippen MR) is 66.0 cm³/mol. The fraction of sp³-hybridized carbons (Fsp3) is 0.417. The highest BCUT2D eigenvalue weighted by Gasteiger charge is 2.22. The van der Waals surface area contributed by atoms with Crippen LogP contribution in [0.5, 0.6) is 0 Å². The van der Waals surface area contributed by atoms with Gasteiger partial charge in [-0.05, 0) is 12.1 Å². The molecule has 0 fully saturated rings. The summed E-state index contributed by atoms with van der Waals surface area (Å²) in [6, 6.07) is 2.75. The van der Waals surface area contributed by atoms with Crippen molar-refractivity contribution in [3.63, 3.8) is 0 Å². The zero-order valence-corrected chi connectivity index (χ0v) is 10.7. The van der Waals surface area contributed by atoms with Gasteiger partial charge in [-0.3, -0.25) is 9.78 Å². The lowest BCUT2D eigenvalue weighted by atomic mass is 10.1. The number of methoxy groups -OCH3 is 1. The number of hydrogen-bond acceptors (Lipinski definition) is 5. The number of carbonyl (C=O) groups excluding carboxylic acids is 1. The molecule has 19 heavy (non-hydrogen) atoms. The number of aliphatic hydroxyl groups is 1. The van der Waals surface area contributed by atoms with Gasteiger partial charge in [-0.25, -0.2) is 4.79 Å². The van der Waals surface area contributed by atoms with Crippen LogP contribution in [0.15, 0.2) is 18.3 Å². The molecule has 0 saturated carbocycles. The number of carboxylic acid groups (broad SMARTS) is 1. The lowest BCUT2D eigenvalue weighted by Gasteiger charge is -2.20. The van der Waals surface area contributed by atoms with E-state index in [0.717, 1.165) is 0 Å². The van der Waals surface area contributed by atoms with Gasteiger partial charge < -0.3 is 19.8 Å². The number of likely N-dealkylation sites (N-methyl/N-ethyl adjacent to an activating group) is 1. The summed E-state index contributed by atoms with van der Waals surface area (Å²) in [6.45, 7) is 0.119. The van der Waals surface area contributed by atoms with Crippen molar-refractivity contribution in [1.29, 1.82) is 0 Å². The summed E-state index contributed by atoms with van der Waals surface area (Å²) in [4.78, 5) is 28.0. The summed E-state index contributed by atoms with van der Waals surface area (Å²) in [7, 11) is 2.90. The monoisotopic (exact) mass is 268 g/mol. The molecule has 2 N–H and O–H groups in total. The van der Waals surface area contributed by atoms with Crippen molar-refractivity contribution in [2.24, 2.45) is 0 Å². The average molecular weight is 268 g/mol. The number of carbonyl (C=O) groups is 2. The Morgan fingerprint density at radius 2 is 2.21 bits per heavy atom. The first-order chi connectivity index (χ1) is 8.97. The van der Waals surface area contributed by atoms with Crippen LogP contribution in [0.2, 0.25) is 0 Å². The fourth-order valence-electron chi connectivity index (χ4n) is 1.57. The summed E-state index contributed by atoms with van der Waals surface area (Å²) in [6.07, 6.45) is 0.509. The van der Waals surface area contributed by atoms with Gasteiger partial charge in [0.25, 0.3) is 5.91 Å². The predicted octanol–water partition coefficient (Wildman–Crippen LogP) is -0.141. The van der Waals surface area contributed by atoms with Crippen LogP contribution in [-0.2, 0) is 4.74 Å². The van der Waals surface area contributed by atoms with E-state index in [4.69, 9.17) is 9.84 Å². The van der Waals surface area contributed by atoms with E-state index in [1.54, 1.807) is 0 Å². The van der Waals surface area contributed by atoms with Gasteiger partial charge in [-0.2, -0.15) is 0 Å². The SMILES string of the molecule is COCC(O)CN(C)C(=O)c1ncccc1C(=O)O. The third-order valence-electron chi connectivity index (χ3n) is 2.43. The zero-order valence-electron chi connectivity index (χ0n) is 10.7. The lowest BCUT2D eigenvalue weighted by molar-refractivity contribution is 0.0376. The minimum atomic E-state index is -1.22. The molecular weight excluding hydrogens is 252 g/mol. The molecule has 0 radical (unpaired) electrons. The third kappa shape index (κ3) is 4.01. The van der Waals surface area contributed by atoms with Gasteiger partial charge in [0.15, 0.2) is 0 Å². The third-order valence-corrected chi connectivity index (χ3v) is 2.43. The second kappa shape index (κ2) is 6.81. The van der Waals surface area contributed by atoms with Gasteiger partial charge >= 0.3 is 5.97 Å². The van der Waals surface area contributed by atoms with Crippen LogP contribution in [-0.4, -0.2) is 65.4 Å². The van der Waals surface area contributed by atoms with Crippen LogP contribution in [0.4, 0.5) is 0 Å². The highest BCUT2D eigenvalue weighted by molar-refractivity contribution is 6.03. The fourth-order valence-corrected chi connectivity index (χ4v) is 1.57. The van der Waals surface area contributed by atoms with Gasteiger partial charge in [-0.1, -0.05) is 0 Å². The quantitative estimate of drug-likeness (QED) is 0.744. The van der Waals surface area contributed by atoms with Crippen molar-refractivity contribution in [3.8, 4) is 0 Å². The number of aliphatic hydroxyl groups excluding tert-OH is 1. The number of amides is 1. The zero-order chi connectivity index (χ0) is 14.4. The van der Waals surface area contributed by atoms with Gasteiger partial charge in [0.1, 0.15) is 5.69 Å². The van der Waals surface area contributed by atoms with E-state index in [9.17, 15) is 14.7 Å². The topological polar surface area (TPSA) is 100.0 Å². The normalized spacial score (nSPS) is 11.9. The van der Waals surface area contributed by atoms with E-state index in [1.165, 1.54) is 37.4 Å². The van der Waals surface area contributed by atoms with E-state index in [1.807, 2.05) is 0 Å². The van der Waals surface area contributed by atoms with Gasteiger partial charge in [0.05, 0.1) is 18.3 Å². The summed E-state index contributed by atoms with van der Waals surface area (Å²) in [5.41, 5.74) is -0.317. The Morgan fingerprint density at radius 1 is 1.53 bits per heavy atom. The van der Waals surface area contributed by atoms with E-state index >= 15 is 0 Å². The first-order valence-electron chi connectivity index (χ1n) is 5.58. The maximum absolute atomic E-state index is 12.1. The molecule has 7 nitrogen and oxygen atoms in total. The van der Waals surface area contributed by atoms with Crippen molar-refractivity contribution < 1.29 is 24.5 Å². The Balaban J connectivity index is 2.85. The molecule has 0 aliphatic heterocycles. The summed E-state index contributed by atoms with van der Waals surface area (Å²) in [5, 5.41) is 18.5. The summed E-state index contributed by atoms with van der Waals surface area (Å²) in [5.74, 6) is -1.78. The second-order valence-corrected chi connectivity index (χ2v) is 4.00. The largest absolute Gasteiger partial charge is 0.478 e. The number of hydrogen-bond donors (Lipinski definition) is 2. The molecule has 0 spiro atoms. The number of carboxylic acids is 1. The van der Waals surface area contributed by atoms with Crippen LogP contribution in [0.25, 0.3) is 0 Å². The van der Waals surface area contributed by atoms with Crippen molar-refractivity contribution in [1.82, 2.24) is 9.88 Å². The van der Waals surface area contributed by atoms with E-state index < -0.39 is 18.0 Å². The molecule has 104 valence electrons. The Kier molecular flexibility index (Phi) is 5.40. The molecule has 1 atom stereocenters. The molecular formula is C12H16N2O5. The highest BCUT2D eigenvalue weighted by atomic mass is 16.5. The molecule has 0 bridgehead atoms. The second-order valence-electron chi connectivity index (χ2n) is 4.00. The van der Waals surface area contributed by atoms with Gasteiger partial charge in [0, 0.05) is 26.9 Å². The molecule has 1 aromatic heterocycles. The maximum atomic E-state index is 12.1. The molecule has 1 heterocycles. The molecule has 1 unspecified atom stereocenters. The maximum Gasteiger partial charge on any atom is 0.338 e. The first kappa shape index (κ1) is 15.1. The Labute approximate surface area is 110 Å². The molecule has 7 heteroatoms. The number of ether oxygens (including phenoxy) is 1. The van der Waals surface area contributed by atoms with Crippen molar-refractivity contribution >= 4 is 11.9 Å². The van der Waals surface area contributed by atoms with Crippen molar-refractivity contribution in [2.45, 2.75) is 6.10 Å². The standard InChI is InChI=1S/C12H16N2O5/c1-14(6-8(15)7-19-2)11(16)10-9(12(17)18)4-3-5-13-10/h3-5,8,15H,6-7H2,1-2H3,(H,17,18). The number of pyridine rings is 1. The molecule has 1 aromatic rings. The van der Waals surface area contributed by atoms with E-state index in [2.05, 4.69) is 4.98 Å². The number of aromatic nitrogens is 1. The number of rotatable bonds is 6. The minimum absolute atomic E-state index is 0.0301. The van der Waals surface area contributed by atoms with E-state index in [-0.39, 0.29) is 24.4 Å². The first-order valence-corrected chi connectivity index (χ1v) is 5.58. The molecule has 0 aliphatic rings. The molecule has 1 amide bonds. The van der Waals surface area contributed by atoms with Crippen molar-refractivity contribution in [3.05, 3.63) is 29.6 Å². The Bertz CT molecular complexity index is 463. The Hall–Kier alpha value is -1.99. The number of aromatic carboxylic acids is 1. The van der Waals surface area contributed by atoms with Crippen LogP contribution < -0.4 is 0 Å². The van der Waals surface area contributed by atoms with Crippen molar-refractivity contribution in [2.75, 3.05) is 27.3 Å². The van der Waals surface area contributed by atoms with Crippen LogP contribution >= 0.6 is 0 Å². The highest BCUT2D eigenvalue weighted by Crippen LogP contribution is 2.08. The Morgan fingerprint density at radius 3 is 2.79 bits per heavy atom. The minimum Gasteiger partial charge on any atom is -0.478 e. The lowest BCUT2D eigenvalue weighted by Crippen LogP contribution is -2.37. The number of nitrogens with zero attached hydrogens (tertiary/aromatic N) is 2.